The van der Waals surface area contributed by atoms with Gasteiger partial charge in [-0.1, -0.05) is 18.5 Å². The molecule has 5 heteroatoms. The smallest absolute Gasteiger partial charge is 0.222 e. The highest BCUT2D eigenvalue weighted by atomic mass is 35.5. The Bertz CT molecular complexity index is 248. The van der Waals surface area contributed by atoms with Crippen LogP contribution in [0.3, 0.4) is 0 Å². The van der Waals surface area contributed by atoms with Gasteiger partial charge < -0.3 is 10.4 Å². The molecule has 72 valence electrons. The van der Waals surface area contributed by atoms with Gasteiger partial charge in [0, 0.05) is 0 Å². The average Bonchev–Trinajstić information content (AvgIpc) is 2.17. The number of aliphatic hydroxyl groups is 1. The highest BCUT2D eigenvalue weighted by Crippen LogP contribution is 2.07. The van der Waals surface area contributed by atoms with Gasteiger partial charge in [0.05, 0.1) is 30.1 Å². The molecule has 0 aliphatic rings. The van der Waals surface area contributed by atoms with Crippen molar-refractivity contribution in [3.63, 3.8) is 0 Å². The highest BCUT2D eigenvalue weighted by molar-refractivity contribution is 6.30. The van der Waals surface area contributed by atoms with Crippen LogP contribution < -0.4 is 5.32 Å². The molecule has 1 atom stereocenters. The third-order valence-corrected chi connectivity index (χ3v) is 1.86. The van der Waals surface area contributed by atoms with Crippen molar-refractivity contribution in [3.05, 3.63) is 17.4 Å². The van der Waals surface area contributed by atoms with E-state index in [9.17, 15) is 0 Å². The number of nitrogens with zero attached hydrogens (tertiary/aromatic N) is 2. The third kappa shape index (κ3) is 3.16. The summed E-state index contributed by atoms with van der Waals surface area (Å²) in [5.74, 6) is 0.491. The predicted octanol–water partition coefficient (Wildman–Crippen LogP) is 1.31. The van der Waals surface area contributed by atoms with Gasteiger partial charge >= 0.3 is 0 Å². The Balaban J connectivity index is 2.58. The van der Waals surface area contributed by atoms with Gasteiger partial charge in [-0.05, 0) is 6.42 Å². The van der Waals surface area contributed by atoms with Gasteiger partial charge in [0.15, 0.2) is 0 Å². The lowest BCUT2D eigenvalue weighted by atomic mass is 10.2. The zero-order valence-corrected chi connectivity index (χ0v) is 8.12. The number of halogens is 1. The molecule has 13 heavy (non-hydrogen) atoms. The number of hydrogen-bond donors (Lipinski definition) is 2. The molecule has 2 N–H and O–H groups in total. The topological polar surface area (TPSA) is 58.0 Å². The van der Waals surface area contributed by atoms with E-state index >= 15 is 0 Å². The van der Waals surface area contributed by atoms with E-state index in [2.05, 4.69) is 15.3 Å². The second kappa shape index (κ2) is 4.99. The van der Waals surface area contributed by atoms with E-state index in [0.717, 1.165) is 6.42 Å². The van der Waals surface area contributed by atoms with Crippen molar-refractivity contribution in [2.75, 3.05) is 11.9 Å². The van der Waals surface area contributed by atoms with Gasteiger partial charge in [-0.2, -0.15) is 0 Å². The first kappa shape index (κ1) is 10.2. The maximum atomic E-state index is 8.90. The molecule has 1 aromatic rings. The van der Waals surface area contributed by atoms with Crippen molar-refractivity contribution >= 4 is 17.5 Å². The van der Waals surface area contributed by atoms with Crippen LogP contribution in [-0.4, -0.2) is 27.7 Å². The van der Waals surface area contributed by atoms with Crippen molar-refractivity contribution in [2.45, 2.75) is 19.4 Å². The second-order valence-electron chi connectivity index (χ2n) is 2.66. The van der Waals surface area contributed by atoms with Crippen LogP contribution in [-0.2, 0) is 0 Å². The number of nitrogens with one attached hydrogen (secondary N) is 1. The Hall–Kier alpha value is -0.870. The van der Waals surface area contributed by atoms with Gasteiger partial charge in [-0.15, -0.1) is 0 Å². The molecule has 1 unspecified atom stereocenters. The van der Waals surface area contributed by atoms with Crippen LogP contribution in [0.4, 0.5) is 5.95 Å². The summed E-state index contributed by atoms with van der Waals surface area (Å²) in [6, 6.07) is 0.00109. The quantitative estimate of drug-likeness (QED) is 0.772. The van der Waals surface area contributed by atoms with E-state index in [1.807, 2.05) is 6.92 Å². The zero-order chi connectivity index (χ0) is 9.68. The minimum Gasteiger partial charge on any atom is -0.394 e. The minimum atomic E-state index is 0.00109. The van der Waals surface area contributed by atoms with Crippen molar-refractivity contribution in [2.24, 2.45) is 0 Å². The number of anilines is 1. The van der Waals surface area contributed by atoms with Crippen LogP contribution in [0, 0.1) is 0 Å². The minimum absolute atomic E-state index is 0.00109. The van der Waals surface area contributed by atoms with E-state index in [1.54, 1.807) is 0 Å². The van der Waals surface area contributed by atoms with Gasteiger partial charge in [0.2, 0.25) is 5.95 Å². The van der Waals surface area contributed by atoms with E-state index in [0.29, 0.717) is 11.0 Å². The van der Waals surface area contributed by atoms with Crippen LogP contribution in [0.1, 0.15) is 13.3 Å². The molecule has 1 aromatic heterocycles. The van der Waals surface area contributed by atoms with Crippen LogP contribution >= 0.6 is 11.6 Å². The molecule has 0 radical (unpaired) electrons. The van der Waals surface area contributed by atoms with Gasteiger partial charge in [0.1, 0.15) is 0 Å². The third-order valence-electron chi connectivity index (χ3n) is 1.67. The fraction of sp³-hybridized carbons (Fsp3) is 0.500. The Morgan fingerprint density at radius 2 is 2.15 bits per heavy atom. The Morgan fingerprint density at radius 1 is 1.54 bits per heavy atom. The number of hydrogen-bond acceptors (Lipinski definition) is 4. The Labute approximate surface area is 82.0 Å². The molecule has 0 aliphatic heterocycles. The summed E-state index contributed by atoms with van der Waals surface area (Å²) in [6.45, 7) is 2.05. The maximum Gasteiger partial charge on any atom is 0.222 e. The maximum absolute atomic E-state index is 8.90. The summed E-state index contributed by atoms with van der Waals surface area (Å²) in [5.41, 5.74) is 0. The highest BCUT2D eigenvalue weighted by Gasteiger charge is 2.04. The molecule has 0 amide bonds. The van der Waals surface area contributed by atoms with E-state index in [4.69, 9.17) is 16.7 Å². The lowest BCUT2D eigenvalue weighted by molar-refractivity contribution is 0.271. The second-order valence-corrected chi connectivity index (χ2v) is 3.09. The molecule has 1 rings (SSSR count). The van der Waals surface area contributed by atoms with E-state index in [1.165, 1.54) is 12.4 Å². The van der Waals surface area contributed by atoms with E-state index in [-0.39, 0.29) is 12.6 Å². The molecule has 1 heterocycles. The monoisotopic (exact) mass is 201 g/mol. The van der Waals surface area contributed by atoms with Crippen LogP contribution in [0.15, 0.2) is 12.4 Å². The summed E-state index contributed by atoms with van der Waals surface area (Å²) < 4.78 is 0. The van der Waals surface area contributed by atoms with Crippen molar-refractivity contribution < 1.29 is 5.11 Å². The van der Waals surface area contributed by atoms with Crippen LogP contribution in [0.2, 0.25) is 5.02 Å². The molecule has 0 saturated heterocycles. The van der Waals surface area contributed by atoms with Crippen LogP contribution in [0.5, 0.6) is 0 Å². The zero-order valence-electron chi connectivity index (χ0n) is 7.37. The van der Waals surface area contributed by atoms with Gasteiger partial charge in [0.25, 0.3) is 0 Å². The SMILES string of the molecule is CCC(CO)Nc1ncc(Cl)cn1. The molecule has 0 spiro atoms. The van der Waals surface area contributed by atoms with Gasteiger partial charge in [-0.3, -0.25) is 0 Å². The first-order chi connectivity index (χ1) is 6.26. The van der Waals surface area contributed by atoms with Crippen molar-refractivity contribution in [1.29, 1.82) is 0 Å². The number of aliphatic hydroxyl groups excluding tert-OH is 1. The van der Waals surface area contributed by atoms with Crippen molar-refractivity contribution in [3.8, 4) is 0 Å². The van der Waals surface area contributed by atoms with E-state index < -0.39 is 0 Å². The fourth-order valence-corrected chi connectivity index (χ4v) is 0.944. The molecule has 0 aliphatic carbocycles. The first-order valence-electron chi connectivity index (χ1n) is 4.11. The lowest BCUT2D eigenvalue weighted by Crippen LogP contribution is -2.23. The van der Waals surface area contributed by atoms with Crippen molar-refractivity contribution in [1.82, 2.24) is 9.97 Å². The summed E-state index contributed by atoms with van der Waals surface area (Å²) in [7, 11) is 0. The Morgan fingerprint density at radius 3 is 2.62 bits per heavy atom. The fourth-order valence-electron chi connectivity index (χ4n) is 0.846. The first-order valence-corrected chi connectivity index (χ1v) is 4.49. The standard InChI is InChI=1S/C8H12ClN3O/c1-2-7(5-13)12-8-10-3-6(9)4-11-8/h3-4,7,13H,2,5H2,1H3,(H,10,11,12). The molecule has 0 aromatic carbocycles. The normalized spacial score (nSPS) is 12.5. The molecule has 0 saturated carbocycles. The summed E-state index contributed by atoms with van der Waals surface area (Å²) in [5, 5.41) is 12.4. The average molecular weight is 202 g/mol. The molecule has 0 bridgehead atoms. The Kier molecular flexibility index (Phi) is 3.92. The number of aromatic nitrogens is 2. The summed E-state index contributed by atoms with van der Waals surface area (Å²) >= 11 is 5.61. The van der Waals surface area contributed by atoms with Gasteiger partial charge in [-0.25, -0.2) is 9.97 Å². The number of rotatable bonds is 4. The largest absolute Gasteiger partial charge is 0.394 e. The predicted molar refractivity (Wildman–Crippen MR) is 51.8 cm³/mol. The molecule has 4 nitrogen and oxygen atoms in total. The molecular weight excluding hydrogens is 190 g/mol. The molecule has 0 fully saturated rings. The molecular formula is C8H12ClN3O. The summed E-state index contributed by atoms with van der Waals surface area (Å²) in [4.78, 5) is 7.90. The van der Waals surface area contributed by atoms with Crippen LogP contribution in [0.25, 0.3) is 0 Å². The summed E-state index contributed by atoms with van der Waals surface area (Å²) in [6.07, 6.45) is 3.85. The lowest BCUT2D eigenvalue weighted by Gasteiger charge is -2.12.